The van der Waals surface area contributed by atoms with E-state index in [9.17, 15) is 31.1 Å². The van der Waals surface area contributed by atoms with Crippen LogP contribution in [0.5, 0.6) is 0 Å². The van der Waals surface area contributed by atoms with Crippen molar-refractivity contribution in [1.29, 1.82) is 0 Å². The summed E-state index contributed by atoms with van der Waals surface area (Å²) in [4.78, 5) is 12.4. The second kappa shape index (κ2) is 3.77. The van der Waals surface area contributed by atoms with Crippen LogP contribution in [0.4, 0.5) is 26.3 Å². The summed E-state index contributed by atoms with van der Waals surface area (Å²) in [6.07, 6.45) is -9.51. The lowest BCUT2D eigenvalue weighted by atomic mass is 9.64. The Bertz CT molecular complexity index is 358. The smallest absolute Gasteiger partial charge is 0.339 e. The van der Waals surface area contributed by atoms with Gasteiger partial charge in [0.2, 0.25) is 5.91 Å². The third-order valence-corrected chi connectivity index (χ3v) is 3.49. The van der Waals surface area contributed by atoms with E-state index in [1.54, 1.807) is 0 Å². The number of hydrogen-bond acceptors (Lipinski definition) is 1. The molecular weight excluding hydrogens is 264 g/mol. The molecule has 0 radical (unpaired) electrons. The largest absolute Gasteiger partial charge is 0.403 e. The molecule has 1 aliphatic carbocycles. The molecule has 0 aromatic heterocycles. The Morgan fingerprint density at radius 2 is 1.78 bits per heavy atom. The van der Waals surface area contributed by atoms with Gasteiger partial charge in [0.25, 0.3) is 5.92 Å². The Morgan fingerprint density at radius 3 is 2.11 bits per heavy atom. The Labute approximate surface area is 98.9 Å². The maximum atomic E-state index is 12.9. The van der Waals surface area contributed by atoms with Crippen molar-refractivity contribution >= 4 is 5.91 Å². The molecule has 1 saturated carbocycles. The summed E-state index contributed by atoms with van der Waals surface area (Å²) in [5, 5.41) is 0. The van der Waals surface area contributed by atoms with E-state index >= 15 is 0 Å². The van der Waals surface area contributed by atoms with Crippen LogP contribution in [0, 0.1) is 5.41 Å². The molecule has 1 atom stereocenters. The summed E-state index contributed by atoms with van der Waals surface area (Å²) in [6, 6.07) is 0. The minimum absolute atomic E-state index is 0.0456. The van der Waals surface area contributed by atoms with Crippen molar-refractivity contribution in [2.45, 2.75) is 37.5 Å². The summed E-state index contributed by atoms with van der Waals surface area (Å²) in [6.45, 7) is -0.592. The molecule has 18 heavy (non-hydrogen) atoms. The average molecular weight is 275 g/mol. The molecule has 1 heterocycles. The summed E-state index contributed by atoms with van der Waals surface area (Å²) < 4.78 is 76.8. The van der Waals surface area contributed by atoms with E-state index in [0.717, 1.165) is 0 Å². The standard InChI is InChI=1S/C10H11F6NO/c11-6-1-2-17(3-6)7(18)8(10(14,15)16)4-9(12,13)5-8/h6H,1-5H2/t6-/m1/s1. The Hall–Kier alpha value is -0.950. The van der Waals surface area contributed by atoms with E-state index in [1.165, 1.54) is 0 Å². The van der Waals surface area contributed by atoms with Crippen molar-refractivity contribution in [2.75, 3.05) is 13.1 Å². The van der Waals surface area contributed by atoms with Crippen LogP contribution >= 0.6 is 0 Å². The fourth-order valence-corrected chi connectivity index (χ4v) is 2.51. The van der Waals surface area contributed by atoms with E-state index in [1.807, 2.05) is 0 Å². The second-order valence-corrected chi connectivity index (χ2v) is 4.93. The third-order valence-electron chi connectivity index (χ3n) is 3.49. The maximum absolute atomic E-state index is 12.9. The van der Waals surface area contributed by atoms with Gasteiger partial charge < -0.3 is 4.90 Å². The van der Waals surface area contributed by atoms with Crippen LogP contribution in [0.1, 0.15) is 19.3 Å². The normalized spacial score (nSPS) is 30.1. The van der Waals surface area contributed by atoms with Gasteiger partial charge in [-0.05, 0) is 6.42 Å². The summed E-state index contributed by atoms with van der Waals surface area (Å²) in [5.74, 6) is -4.89. The highest BCUT2D eigenvalue weighted by molar-refractivity contribution is 5.85. The molecular formula is C10H11F6NO. The van der Waals surface area contributed by atoms with Crippen LogP contribution in [0.2, 0.25) is 0 Å². The molecule has 0 aromatic rings. The summed E-state index contributed by atoms with van der Waals surface area (Å²) in [5.41, 5.74) is -3.03. The van der Waals surface area contributed by atoms with Gasteiger partial charge in [-0.2, -0.15) is 13.2 Å². The molecule has 8 heteroatoms. The first-order valence-corrected chi connectivity index (χ1v) is 5.45. The van der Waals surface area contributed by atoms with Gasteiger partial charge in [0, 0.05) is 19.4 Å². The highest BCUT2D eigenvalue weighted by Crippen LogP contribution is 2.61. The Morgan fingerprint density at radius 1 is 1.22 bits per heavy atom. The zero-order valence-electron chi connectivity index (χ0n) is 9.24. The molecule has 0 bridgehead atoms. The van der Waals surface area contributed by atoms with Gasteiger partial charge in [-0.3, -0.25) is 4.79 Å². The molecule has 2 fully saturated rings. The van der Waals surface area contributed by atoms with Crippen LogP contribution in [-0.2, 0) is 4.79 Å². The second-order valence-electron chi connectivity index (χ2n) is 4.93. The van der Waals surface area contributed by atoms with Crippen molar-refractivity contribution in [3.63, 3.8) is 0 Å². The number of nitrogens with zero attached hydrogens (tertiary/aromatic N) is 1. The molecule has 2 rings (SSSR count). The minimum Gasteiger partial charge on any atom is -0.339 e. The number of likely N-dealkylation sites (tertiary alicyclic amines) is 1. The molecule has 1 aliphatic heterocycles. The predicted octanol–water partition coefficient (Wildman–Crippen LogP) is 2.53. The summed E-state index contributed by atoms with van der Waals surface area (Å²) >= 11 is 0. The lowest BCUT2D eigenvalue weighted by molar-refractivity contribution is -0.299. The van der Waals surface area contributed by atoms with Gasteiger partial charge in [0.05, 0.1) is 6.54 Å². The maximum Gasteiger partial charge on any atom is 0.403 e. The first-order chi connectivity index (χ1) is 8.07. The van der Waals surface area contributed by atoms with Crippen LogP contribution in [-0.4, -0.2) is 42.2 Å². The van der Waals surface area contributed by atoms with Gasteiger partial charge in [-0.15, -0.1) is 0 Å². The van der Waals surface area contributed by atoms with Crippen molar-refractivity contribution in [2.24, 2.45) is 5.41 Å². The quantitative estimate of drug-likeness (QED) is 0.673. The molecule has 1 amide bonds. The fourth-order valence-electron chi connectivity index (χ4n) is 2.51. The van der Waals surface area contributed by atoms with Crippen molar-refractivity contribution in [3.8, 4) is 0 Å². The van der Waals surface area contributed by atoms with Crippen molar-refractivity contribution < 1.29 is 31.1 Å². The predicted molar refractivity (Wildman–Crippen MR) is 48.8 cm³/mol. The number of carbonyl (C=O) groups is 1. The van der Waals surface area contributed by atoms with E-state index < -0.39 is 49.0 Å². The number of rotatable bonds is 1. The van der Waals surface area contributed by atoms with Crippen molar-refractivity contribution in [3.05, 3.63) is 0 Å². The molecule has 0 N–H and O–H groups in total. The minimum atomic E-state index is -5.03. The van der Waals surface area contributed by atoms with Gasteiger partial charge in [0.1, 0.15) is 6.17 Å². The third kappa shape index (κ3) is 1.95. The van der Waals surface area contributed by atoms with E-state index in [2.05, 4.69) is 0 Å². The average Bonchev–Trinajstić information content (AvgIpc) is 2.57. The molecule has 1 saturated heterocycles. The lowest BCUT2D eigenvalue weighted by Crippen LogP contribution is -2.62. The number of halogens is 6. The number of amides is 1. The van der Waals surface area contributed by atoms with Gasteiger partial charge in [-0.25, -0.2) is 13.2 Å². The molecule has 104 valence electrons. The van der Waals surface area contributed by atoms with Crippen molar-refractivity contribution in [1.82, 2.24) is 4.90 Å². The van der Waals surface area contributed by atoms with E-state index in [4.69, 9.17) is 0 Å². The first-order valence-electron chi connectivity index (χ1n) is 5.45. The van der Waals surface area contributed by atoms with Gasteiger partial charge in [-0.1, -0.05) is 0 Å². The number of alkyl halides is 6. The number of hydrogen-bond donors (Lipinski definition) is 0. The summed E-state index contributed by atoms with van der Waals surface area (Å²) in [7, 11) is 0. The fraction of sp³-hybridized carbons (Fsp3) is 0.900. The Balaban J connectivity index is 2.19. The lowest BCUT2D eigenvalue weighted by Gasteiger charge is -2.47. The van der Waals surface area contributed by atoms with E-state index in [0.29, 0.717) is 4.90 Å². The Kier molecular flexibility index (Phi) is 2.82. The monoisotopic (exact) mass is 275 g/mol. The number of carbonyl (C=O) groups excluding carboxylic acids is 1. The van der Waals surface area contributed by atoms with Crippen LogP contribution in [0.15, 0.2) is 0 Å². The van der Waals surface area contributed by atoms with Crippen LogP contribution in [0.25, 0.3) is 0 Å². The topological polar surface area (TPSA) is 20.3 Å². The molecule has 2 aliphatic rings. The SMILES string of the molecule is O=C(N1CC[C@@H](F)C1)C1(C(F)(F)F)CC(F)(F)C1. The first kappa shape index (κ1) is 13.5. The zero-order chi connectivity index (χ0) is 13.8. The molecule has 0 spiro atoms. The highest BCUT2D eigenvalue weighted by atomic mass is 19.4. The van der Waals surface area contributed by atoms with Crippen LogP contribution in [0.3, 0.4) is 0 Å². The molecule has 0 aromatic carbocycles. The van der Waals surface area contributed by atoms with Gasteiger partial charge >= 0.3 is 6.18 Å². The highest BCUT2D eigenvalue weighted by Gasteiger charge is 2.74. The molecule has 2 nitrogen and oxygen atoms in total. The molecule has 0 unspecified atom stereocenters. The van der Waals surface area contributed by atoms with E-state index in [-0.39, 0.29) is 13.0 Å². The zero-order valence-corrected chi connectivity index (χ0v) is 9.24. The van der Waals surface area contributed by atoms with Gasteiger partial charge in [0.15, 0.2) is 5.41 Å². The van der Waals surface area contributed by atoms with Crippen LogP contribution < -0.4 is 0 Å².